The van der Waals surface area contributed by atoms with E-state index < -0.39 is 0 Å². The van der Waals surface area contributed by atoms with Gasteiger partial charge in [-0.2, -0.15) is 4.98 Å². The summed E-state index contributed by atoms with van der Waals surface area (Å²) < 4.78 is 0. The predicted molar refractivity (Wildman–Crippen MR) is 81.2 cm³/mol. The van der Waals surface area contributed by atoms with Crippen molar-refractivity contribution >= 4 is 17.5 Å². The number of hydrogen-bond acceptors (Lipinski definition) is 5. The van der Waals surface area contributed by atoms with Crippen LogP contribution in [-0.4, -0.2) is 23.1 Å². The minimum absolute atomic E-state index is 0.335. The number of nitrogens with two attached hydrogens (primary N) is 1. The van der Waals surface area contributed by atoms with E-state index in [4.69, 9.17) is 5.73 Å². The van der Waals surface area contributed by atoms with Gasteiger partial charge in [-0.15, -0.1) is 0 Å². The molecule has 0 saturated heterocycles. The summed E-state index contributed by atoms with van der Waals surface area (Å²) in [5.74, 6) is 1.17. The fourth-order valence-corrected chi connectivity index (χ4v) is 2.51. The Morgan fingerprint density at radius 1 is 1.15 bits per heavy atom. The Kier molecular flexibility index (Phi) is 3.52. The van der Waals surface area contributed by atoms with Gasteiger partial charge in [0.15, 0.2) is 0 Å². The minimum atomic E-state index is 0.335. The Morgan fingerprint density at radius 2 is 1.95 bits per heavy atom. The largest absolute Gasteiger partial charge is 0.368 e. The number of nitrogens with one attached hydrogen (secondary N) is 2. The number of para-hydroxylation sites is 1. The molecule has 0 aliphatic carbocycles. The fourth-order valence-electron chi connectivity index (χ4n) is 2.51. The van der Waals surface area contributed by atoms with E-state index in [0.717, 1.165) is 43.1 Å². The number of rotatable bonds is 2. The third-order valence-electron chi connectivity index (χ3n) is 3.60. The van der Waals surface area contributed by atoms with Gasteiger partial charge >= 0.3 is 0 Å². The van der Waals surface area contributed by atoms with Crippen LogP contribution in [0.2, 0.25) is 0 Å². The zero-order chi connectivity index (χ0) is 13.9. The molecule has 1 aromatic carbocycles. The van der Waals surface area contributed by atoms with E-state index in [-0.39, 0.29) is 0 Å². The smallest absolute Gasteiger partial charge is 0.222 e. The molecule has 1 aromatic heterocycles. The van der Waals surface area contributed by atoms with E-state index in [1.165, 1.54) is 11.1 Å². The molecule has 0 radical (unpaired) electrons. The van der Waals surface area contributed by atoms with Gasteiger partial charge in [-0.1, -0.05) is 18.2 Å². The van der Waals surface area contributed by atoms with Crippen LogP contribution in [0.3, 0.4) is 0 Å². The topological polar surface area (TPSA) is 75.9 Å². The summed E-state index contributed by atoms with van der Waals surface area (Å²) >= 11 is 0. The average molecular weight is 269 g/mol. The second-order valence-corrected chi connectivity index (χ2v) is 5.05. The van der Waals surface area contributed by atoms with E-state index >= 15 is 0 Å². The number of nitrogen functional groups attached to an aromatic ring is 1. The quantitative estimate of drug-likeness (QED) is 0.775. The maximum absolute atomic E-state index is 5.84. The summed E-state index contributed by atoms with van der Waals surface area (Å²) in [5.41, 5.74) is 10.3. The highest BCUT2D eigenvalue weighted by atomic mass is 15.1. The zero-order valence-electron chi connectivity index (χ0n) is 11.6. The molecular weight excluding hydrogens is 250 g/mol. The number of aromatic nitrogens is 2. The van der Waals surface area contributed by atoms with Gasteiger partial charge in [0.25, 0.3) is 0 Å². The predicted octanol–water partition coefficient (Wildman–Crippen LogP) is 1.80. The van der Waals surface area contributed by atoms with Crippen LogP contribution in [0, 0.1) is 6.92 Å². The molecule has 0 atom stereocenters. The zero-order valence-corrected chi connectivity index (χ0v) is 11.6. The Hall–Kier alpha value is -2.14. The lowest BCUT2D eigenvalue weighted by molar-refractivity contribution is 0.708. The fraction of sp³-hybridized carbons (Fsp3) is 0.333. The summed E-state index contributed by atoms with van der Waals surface area (Å²) in [6.45, 7) is 3.96. The molecule has 1 aliphatic heterocycles. The van der Waals surface area contributed by atoms with Crippen molar-refractivity contribution in [2.24, 2.45) is 0 Å². The maximum Gasteiger partial charge on any atom is 0.222 e. The van der Waals surface area contributed by atoms with Crippen LogP contribution in [0.4, 0.5) is 17.5 Å². The first-order valence-electron chi connectivity index (χ1n) is 6.92. The summed E-state index contributed by atoms with van der Waals surface area (Å²) in [5, 5.41) is 6.79. The normalized spacial score (nSPS) is 14.4. The molecule has 0 amide bonds. The molecule has 0 fully saturated rings. The average Bonchev–Trinajstić information content (AvgIpc) is 2.66. The number of hydrogen-bond donors (Lipinski definition) is 3. The molecule has 1 aliphatic rings. The molecule has 0 spiro atoms. The number of benzene rings is 1. The van der Waals surface area contributed by atoms with Crippen molar-refractivity contribution in [3.8, 4) is 0 Å². The molecule has 5 heteroatoms. The molecule has 4 N–H and O–H groups in total. The van der Waals surface area contributed by atoms with Gasteiger partial charge in [-0.25, -0.2) is 4.98 Å². The summed E-state index contributed by atoms with van der Waals surface area (Å²) in [6, 6.07) is 8.17. The van der Waals surface area contributed by atoms with Gasteiger partial charge in [0.2, 0.25) is 5.95 Å². The van der Waals surface area contributed by atoms with Gasteiger partial charge in [0, 0.05) is 24.2 Å². The van der Waals surface area contributed by atoms with Crippen LogP contribution < -0.4 is 16.4 Å². The molecule has 3 rings (SSSR count). The van der Waals surface area contributed by atoms with Gasteiger partial charge < -0.3 is 16.4 Å². The summed E-state index contributed by atoms with van der Waals surface area (Å²) in [4.78, 5) is 8.78. The van der Waals surface area contributed by atoms with Crippen molar-refractivity contribution in [3.63, 3.8) is 0 Å². The van der Waals surface area contributed by atoms with Crippen molar-refractivity contribution < 1.29 is 0 Å². The molecular formula is C15H19N5. The first-order chi connectivity index (χ1) is 9.74. The Balaban J connectivity index is 2.01. The van der Waals surface area contributed by atoms with Gasteiger partial charge in [0.1, 0.15) is 5.82 Å². The third kappa shape index (κ3) is 2.58. The number of nitrogens with zero attached hydrogens (tertiary/aromatic N) is 2. The van der Waals surface area contributed by atoms with Crippen molar-refractivity contribution in [2.75, 3.05) is 24.1 Å². The standard InChI is InChI=1S/C15H19N5/c1-10-4-2-3-5-12(10)18-14-11-6-8-17-9-7-13(11)19-15(16)20-14/h2-5,17H,6-9H2,1H3,(H3,16,18,19,20). The second kappa shape index (κ2) is 5.46. The van der Waals surface area contributed by atoms with Gasteiger partial charge in [0.05, 0.1) is 5.69 Å². The molecule has 20 heavy (non-hydrogen) atoms. The monoisotopic (exact) mass is 269 g/mol. The molecule has 2 aromatic rings. The number of anilines is 3. The van der Waals surface area contributed by atoms with Crippen LogP contribution >= 0.6 is 0 Å². The van der Waals surface area contributed by atoms with Crippen LogP contribution in [-0.2, 0) is 12.8 Å². The lowest BCUT2D eigenvalue weighted by Gasteiger charge is -2.14. The highest BCUT2D eigenvalue weighted by molar-refractivity contribution is 5.64. The lowest BCUT2D eigenvalue weighted by atomic mass is 10.1. The molecule has 5 nitrogen and oxygen atoms in total. The molecule has 2 heterocycles. The Morgan fingerprint density at radius 3 is 2.80 bits per heavy atom. The van der Waals surface area contributed by atoms with E-state index in [0.29, 0.717) is 5.95 Å². The van der Waals surface area contributed by atoms with Crippen LogP contribution in [0.1, 0.15) is 16.8 Å². The Bertz CT molecular complexity index is 624. The minimum Gasteiger partial charge on any atom is -0.368 e. The van der Waals surface area contributed by atoms with Gasteiger partial charge in [-0.05, 0) is 31.5 Å². The lowest BCUT2D eigenvalue weighted by Crippen LogP contribution is -2.16. The number of fused-ring (bicyclic) bond motifs is 1. The SMILES string of the molecule is Cc1ccccc1Nc1nc(N)nc2c1CCNCC2. The molecule has 0 bridgehead atoms. The first kappa shape index (κ1) is 12.9. The van der Waals surface area contributed by atoms with Crippen LogP contribution in [0.5, 0.6) is 0 Å². The summed E-state index contributed by atoms with van der Waals surface area (Å²) in [6.07, 6.45) is 1.81. The molecule has 0 unspecified atom stereocenters. The van der Waals surface area contributed by atoms with Crippen molar-refractivity contribution in [1.82, 2.24) is 15.3 Å². The van der Waals surface area contributed by atoms with E-state index in [2.05, 4.69) is 39.7 Å². The van der Waals surface area contributed by atoms with Gasteiger partial charge in [-0.3, -0.25) is 0 Å². The maximum atomic E-state index is 5.84. The van der Waals surface area contributed by atoms with E-state index in [1.807, 2.05) is 12.1 Å². The van der Waals surface area contributed by atoms with Crippen LogP contribution in [0.25, 0.3) is 0 Å². The van der Waals surface area contributed by atoms with Crippen molar-refractivity contribution in [3.05, 3.63) is 41.1 Å². The van der Waals surface area contributed by atoms with Crippen molar-refractivity contribution in [2.45, 2.75) is 19.8 Å². The second-order valence-electron chi connectivity index (χ2n) is 5.05. The summed E-state index contributed by atoms with van der Waals surface area (Å²) in [7, 11) is 0. The van der Waals surface area contributed by atoms with Crippen LogP contribution in [0.15, 0.2) is 24.3 Å². The highest BCUT2D eigenvalue weighted by Gasteiger charge is 2.16. The number of aryl methyl sites for hydroxylation is 1. The molecule has 104 valence electrons. The van der Waals surface area contributed by atoms with E-state index in [9.17, 15) is 0 Å². The highest BCUT2D eigenvalue weighted by Crippen LogP contribution is 2.25. The van der Waals surface area contributed by atoms with Crippen molar-refractivity contribution in [1.29, 1.82) is 0 Å². The molecule has 0 saturated carbocycles. The first-order valence-corrected chi connectivity index (χ1v) is 6.92. The van der Waals surface area contributed by atoms with E-state index in [1.54, 1.807) is 0 Å². The third-order valence-corrected chi connectivity index (χ3v) is 3.60. The Labute approximate surface area is 118 Å².